The van der Waals surface area contributed by atoms with Gasteiger partial charge < -0.3 is 5.73 Å². The predicted molar refractivity (Wildman–Crippen MR) is 81.2 cm³/mol. The molecule has 0 saturated heterocycles. The maximum atomic E-state index is 12.2. The highest BCUT2D eigenvalue weighted by molar-refractivity contribution is 7.89. The van der Waals surface area contributed by atoms with Gasteiger partial charge in [0.2, 0.25) is 0 Å². The number of pyridine rings is 1. The number of thiophene rings is 1. The number of rotatable bonds is 5. The monoisotopic (exact) mass is 311 g/mol. The van der Waals surface area contributed by atoms with Crippen molar-refractivity contribution in [1.29, 1.82) is 0 Å². The standard InChI is InChI=1S/C13H17N3O2S2/c1-13(2,11-6-4-8-19-11)9-16-20(17,18)12-10(14)5-3-7-15-12/h3-8,16H,9,14H2,1-2H3. The Morgan fingerprint density at radius 3 is 2.70 bits per heavy atom. The fourth-order valence-corrected chi connectivity index (χ4v) is 3.84. The van der Waals surface area contributed by atoms with E-state index in [0.29, 0.717) is 0 Å². The van der Waals surface area contributed by atoms with Crippen molar-refractivity contribution in [2.75, 3.05) is 12.3 Å². The van der Waals surface area contributed by atoms with Gasteiger partial charge in [0.05, 0.1) is 5.69 Å². The smallest absolute Gasteiger partial charge is 0.260 e. The number of nitrogens with two attached hydrogens (primary N) is 1. The van der Waals surface area contributed by atoms with Crippen LogP contribution >= 0.6 is 11.3 Å². The average molecular weight is 311 g/mol. The van der Waals surface area contributed by atoms with Gasteiger partial charge in [0, 0.05) is 23.0 Å². The molecule has 0 aromatic carbocycles. The molecule has 0 aliphatic carbocycles. The third kappa shape index (κ3) is 3.17. The first kappa shape index (κ1) is 15.0. The maximum Gasteiger partial charge on any atom is 0.260 e. The van der Waals surface area contributed by atoms with Gasteiger partial charge in [-0.3, -0.25) is 0 Å². The lowest BCUT2D eigenvalue weighted by Crippen LogP contribution is -2.36. The third-order valence-corrected chi connectivity index (χ3v) is 5.56. The lowest BCUT2D eigenvalue weighted by molar-refractivity contribution is 0.508. The fourth-order valence-electron chi connectivity index (χ4n) is 1.72. The summed E-state index contributed by atoms with van der Waals surface area (Å²) in [7, 11) is -3.70. The summed E-state index contributed by atoms with van der Waals surface area (Å²) in [5, 5.41) is 1.85. The van der Waals surface area contributed by atoms with E-state index < -0.39 is 10.0 Å². The van der Waals surface area contributed by atoms with Gasteiger partial charge >= 0.3 is 0 Å². The molecule has 0 amide bonds. The molecule has 0 saturated carbocycles. The Morgan fingerprint density at radius 1 is 1.35 bits per heavy atom. The first-order valence-corrected chi connectivity index (χ1v) is 8.43. The summed E-state index contributed by atoms with van der Waals surface area (Å²) in [5.41, 5.74) is 5.52. The lowest BCUT2D eigenvalue weighted by Gasteiger charge is -2.23. The van der Waals surface area contributed by atoms with Crippen molar-refractivity contribution in [3.05, 3.63) is 40.7 Å². The minimum Gasteiger partial charge on any atom is -0.396 e. The van der Waals surface area contributed by atoms with Crippen LogP contribution < -0.4 is 10.5 Å². The van der Waals surface area contributed by atoms with Crippen LogP contribution in [0.2, 0.25) is 0 Å². The van der Waals surface area contributed by atoms with Crippen LogP contribution in [0.25, 0.3) is 0 Å². The molecule has 0 spiro atoms. The minimum atomic E-state index is -3.70. The lowest BCUT2D eigenvalue weighted by atomic mass is 9.92. The number of nitrogens with one attached hydrogen (secondary N) is 1. The highest BCUT2D eigenvalue weighted by Gasteiger charge is 2.26. The van der Waals surface area contributed by atoms with Crippen LogP contribution in [-0.4, -0.2) is 19.9 Å². The molecule has 0 aliphatic rings. The molecule has 2 rings (SSSR count). The highest BCUT2D eigenvalue weighted by atomic mass is 32.2. The van der Waals surface area contributed by atoms with Crippen molar-refractivity contribution in [3.63, 3.8) is 0 Å². The van der Waals surface area contributed by atoms with Crippen LogP contribution in [-0.2, 0) is 15.4 Å². The number of hydrogen-bond acceptors (Lipinski definition) is 5. The molecule has 0 fully saturated rings. The fraction of sp³-hybridized carbons (Fsp3) is 0.308. The second-order valence-corrected chi connectivity index (χ2v) is 7.71. The minimum absolute atomic E-state index is 0.123. The Hall–Kier alpha value is -1.44. The van der Waals surface area contributed by atoms with Crippen LogP contribution in [0.15, 0.2) is 40.9 Å². The van der Waals surface area contributed by atoms with Crippen LogP contribution in [0.1, 0.15) is 18.7 Å². The van der Waals surface area contributed by atoms with E-state index in [1.165, 1.54) is 12.3 Å². The Labute approximate surface area is 122 Å². The van der Waals surface area contributed by atoms with Crippen molar-refractivity contribution < 1.29 is 8.42 Å². The van der Waals surface area contributed by atoms with Crippen molar-refractivity contribution in [1.82, 2.24) is 9.71 Å². The molecule has 20 heavy (non-hydrogen) atoms. The number of nitrogens with zero attached hydrogens (tertiary/aromatic N) is 1. The number of nitrogen functional groups attached to an aromatic ring is 1. The topological polar surface area (TPSA) is 85.1 Å². The molecule has 2 aromatic rings. The molecule has 2 aromatic heterocycles. The first-order chi connectivity index (χ1) is 9.33. The molecular weight excluding hydrogens is 294 g/mol. The quantitative estimate of drug-likeness (QED) is 0.884. The van der Waals surface area contributed by atoms with Gasteiger partial charge in [-0.25, -0.2) is 18.1 Å². The summed E-state index contributed by atoms with van der Waals surface area (Å²) in [4.78, 5) is 4.96. The summed E-state index contributed by atoms with van der Waals surface area (Å²) >= 11 is 1.60. The predicted octanol–water partition coefficient (Wildman–Crippen LogP) is 1.98. The van der Waals surface area contributed by atoms with Gasteiger partial charge in [0.25, 0.3) is 10.0 Å². The summed E-state index contributed by atoms with van der Waals surface area (Å²) in [6.07, 6.45) is 1.41. The highest BCUT2D eigenvalue weighted by Crippen LogP contribution is 2.27. The van der Waals surface area contributed by atoms with Gasteiger partial charge in [-0.05, 0) is 23.6 Å². The molecule has 0 atom stereocenters. The van der Waals surface area contributed by atoms with E-state index >= 15 is 0 Å². The largest absolute Gasteiger partial charge is 0.396 e. The van der Waals surface area contributed by atoms with Gasteiger partial charge in [-0.2, -0.15) is 0 Å². The summed E-state index contributed by atoms with van der Waals surface area (Å²) in [5.74, 6) is 0. The molecule has 0 aliphatic heterocycles. The maximum absolute atomic E-state index is 12.2. The van der Waals surface area contributed by atoms with Crippen LogP contribution in [0.5, 0.6) is 0 Å². The zero-order valence-electron chi connectivity index (χ0n) is 11.3. The van der Waals surface area contributed by atoms with Crippen LogP contribution in [0.3, 0.4) is 0 Å². The van der Waals surface area contributed by atoms with Crippen LogP contribution in [0.4, 0.5) is 5.69 Å². The molecule has 0 bridgehead atoms. The zero-order chi connectivity index (χ0) is 14.8. The molecular formula is C13H17N3O2S2. The Kier molecular flexibility index (Phi) is 4.12. The Bertz CT molecular complexity index is 679. The number of aromatic nitrogens is 1. The second kappa shape index (κ2) is 5.51. The summed E-state index contributed by atoms with van der Waals surface area (Å²) < 4.78 is 27.0. The third-order valence-electron chi connectivity index (χ3n) is 2.95. The summed E-state index contributed by atoms with van der Waals surface area (Å²) in [6.45, 7) is 4.26. The average Bonchev–Trinajstić information content (AvgIpc) is 2.92. The number of sulfonamides is 1. The van der Waals surface area contributed by atoms with Gasteiger partial charge in [0.1, 0.15) is 0 Å². The van der Waals surface area contributed by atoms with Gasteiger partial charge in [0.15, 0.2) is 5.03 Å². The van der Waals surface area contributed by atoms with E-state index in [4.69, 9.17) is 5.73 Å². The molecule has 0 unspecified atom stereocenters. The Balaban J connectivity index is 2.17. The van der Waals surface area contributed by atoms with Crippen molar-refractivity contribution >= 4 is 27.0 Å². The first-order valence-electron chi connectivity index (χ1n) is 6.07. The molecule has 2 heterocycles. The number of hydrogen-bond donors (Lipinski definition) is 2. The summed E-state index contributed by atoms with van der Waals surface area (Å²) in [6, 6.07) is 7.07. The number of anilines is 1. The second-order valence-electron chi connectivity index (χ2n) is 5.08. The van der Waals surface area contributed by atoms with E-state index in [1.807, 2.05) is 31.4 Å². The zero-order valence-corrected chi connectivity index (χ0v) is 13.0. The van der Waals surface area contributed by atoms with E-state index in [1.54, 1.807) is 17.4 Å². The van der Waals surface area contributed by atoms with Gasteiger partial charge in [-0.1, -0.05) is 19.9 Å². The van der Waals surface area contributed by atoms with Crippen LogP contribution in [0, 0.1) is 0 Å². The molecule has 0 radical (unpaired) electrons. The van der Waals surface area contributed by atoms with E-state index in [-0.39, 0.29) is 22.7 Å². The Morgan fingerprint density at radius 2 is 2.10 bits per heavy atom. The van der Waals surface area contributed by atoms with Crippen molar-refractivity contribution in [2.24, 2.45) is 0 Å². The molecule has 3 N–H and O–H groups in total. The van der Waals surface area contributed by atoms with E-state index in [2.05, 4.69) is 9.71 Å². The van der Waals surface area contributed by atoms with Crippen molar-refractivity contribution in [2.45, 2.75) is 24.3 Å². The van der Waals surface area contributed by atoms with Crippen molar-refractivity contribution in [3.8, 4) is 0 Å². The van der Waals surface area contributed by atoms with E-state index in [0.717, 1.165) is 4.88 Å². The normalized spacial score (nSPS) is 12.5. The molecule has 5 nitrogen and oxygen atoms in total. The molecule has 108 valence electrons. The van der Waals surface area contributed by atoms with E-state index in [9.17, 15) is 8.42 Å². The molecule has 7 heteroatoms. The SMILES string of the molecule is CC(C)(CNS(=O)(=O)c1ncccc1N)c1cccs1. The van der Waals surface area contributed by atoms with Gasteiger partial charge in [-0.15, -0.1) is 11.3 Å².